The molecule has 1 aliphatic heterocycles. The van der Waals surface area contributed by atoms with Gasteiger partial charge < -0.3 is 9.47 Å². The Labute approximate surface area is 187 Å². The van der Waals surface area contributed by atoms with Gasteiger partial charge in [0.25, 0.3) is 11.8 Å². The number of benzene rings is 1. The van der Waals surface area contributed by atoms with Gasteiger partial charge in [-0.25, -0.2) is 4.79 Å². The zero-order valence-electron chi connectivity index (χ0n) is 17.3. The molecule has 5 atom stereocenters. The van der Waals surface area contributed by atoms with Gasteiger partial charge in [0.05, 0.1) is 34.6 Å². The molecule has 0 spiro atoms. The topological polar surface area (TPSA) is 128 Å². The summed E-state index contributed by atoms with van der Waals surface area (Å²) in [6.45, 7) is 3.14. The SMILES string of the molecule is CCOC(=O)C(C)Oc1c(Cl)cc(C=NN2C(=O)C3C4C=CC(C4)C3C2=O)cc1[N+](=O)[O-]. The van der Waals surface area contributed by atoms with Crippen molar-refractivity contribution in [2.24, 2.45) is 28.8 Å². The molecule has 168 valence electrons. The van der Waals surface area contributed by atoms with Crippen molar-refractivity contribution in [2.45, 2.75) is 26.4 Å². The van der Waals surface area contributed by atoms with Crippen LogP contribution in [0.15, 0.2) is 29.4 Å². The minimum atomic E-state index is -1.12. The molecule has 1 aromatic carbocycles. The van der Waals surface area contributed by atoms with E-state index in [0.29, 0.717) is 0 Å². The molecule has 2 fully saturated rings. The van der Waals surface area contributed by atoms with Crippen molar-refractivity contribution in [3.63, 3.8) is 0 Å². The van der Waals surface area contributed by atoms with Crippen LogP contribution in [-0.2, 0) is 19.1 Å². The van der Waals surface area contributed by atoms with E-state index in [4.69, 9.17) is 21.1 Å². The number of allylic oxidation sites excluding steroid dienone is 2. The van der Waals surface area contributed by atoms with Gasteiger partial charge in [0.15, 0.2) is 6.10 Å². The molecule has 0 radical (unpaired) electrons. The number of fused-ring (bicyclic) bond motifs is 5. The first kappa shape index (κ1) is 21.9. The fourth-order valence-electron chi connectivity index (χ4n) is 4.54. The third-order valence-corrected chi connectivity index (χ3v) is 6.21. The van der Waals surface area contributed by atoms with Crippen LogP contribution in [0.5, 0.6) is 5.75 Å². The molecule has 1 aromatic rings. The van der Waals surface area contributed by atoms with Gasteiger partial charge in [-0.05, 0) is 38.2 Å². The van der Waals surface area contributed by atoms with Crippen LogP contribution < -0.4 is 4.74 Å². The summed E-state index contributed by atoms with van der Waals surface area (Å²) >= 11 is 6.18. The molecule has 1 saturated heterocycles. The Kier molecular flexibility index (Phi) is 5.72. The summed E-state index contributed by atoms with van der Waals surface area (Å²) in [5.74, 6) is -2.40. The zero-order valence-corrected chi connectivity index (χ0v) is 18.0. The second-order valence-corrected chi connectivity index (χ2v) is 8.26. The fourth-order valence-corrected chi connectivity index (χ4v) is 4.80. The summed E-state index contributed by atoms with van der Waals surface area (Å²) < 4.78 is 10.2. The van der Waals surface area contributed by atoms with Crippen LogP contribution >= 0.6 is 11.6 Å². The smallest absolute Gasteiger partial charge is 0.347 e. The number of nitro groups is 1. The molecule has 3 aliphatic rings. The number of hydrazone groups is 1. The molecule has 0 N–H and O–H groups in total. The Morgan fingerprint density at radius 2 is 1.94 bits per heavy atom. The monoisotopic (exact) mass is 461 g/mol. The van der Waals surface area contributed by atoms with Crippen LogP contribution in [0.3, 0.4) is 0 Å². The van der Waals surface area contributed by atoms with E-state index in [1.54, 1.807) is 6.92 Å². The first-order valence-electron chi connectivity index (χ1n) is 10.1. The second-order valence-electron chi connectivity index (χ2n) is 7.85. The van der Waals surface area contributed by atoms with Crippen molar-refractivity contribution in [3.05, 3.63) is 45.0 Å². The third kappa shape index (κ3) is 3.64. The zero-order chi connectivity index (χ0) is 23.2. The maximum atomic E-state index is 12.7. The Morgan fingerprint density at radius 1 is 1.31 bits per heavy atom. The minimum absolute atomic E-state index is 0.0509. The molecule has 2 amide bonds. The molecule has 2 aliphatic carbocycles. The van der Waals surface area contributed by atoms with E-state index in [0.717, 1.165) is 17.5 Å². The van der Waals surface area contributed by atoms with Gasteiger partial charge in [-0.3, -0.25) is 19.7 Å². The molecule has 11 heteroatoms. The Hall–Kier alpha value is -3.27. The molecule has 10 nitrogen and oxygen atoms in total. The number of nitrogens with zero attached hydrogens (tertiary/aromatic N) is 3. The maximum Gasteiger partial charge on any atom is 0.347 e. The summed E-state index contributed by atoms with van der Waals surface area (Å²) in [4.78, 5) is 48.0. The number of hydrogen-bond acceptors (Lipinski definition) is 8. The van der Waals surface area contributed by atoms with Gasteiger partial charge in [0.1, 0.15) is 0 Å². The summed E-state index contributed by atoms with van der Waals surface area (Å²) in [6, 6.07) is 2.47. The molecular weight excluding hydrogens is 442 g/mol. The number of ether oxygens (including phenoxy) is 2. The highest BCUT2D eigenvalue weighted by atomic mass is 35.5. The Balaban J connectivity index is 1.56. The van der Waals surface area contributed by atoms with Crippen molar-refractivity contribution in [2.75, 3.05) is 6.61 Å². The molecule has 0 aromatic heterocycles. The first-order valence-corrected chi connectivity index (χ1v) is 10.5. The number of carbonyl (C=O) groups excluding carboxylic acids is 3. The molecule has 1 heterocycles. The van der Waals surface area contributed by atoms with Crippen molar-refractivity contribution in [1.29, 1.82) is 0 Å². The van der Waals surface area contributed by atoms with Crippen molar-refractivity contribution in [1.82, 2.24) is 5.01 Å². The first-order chi connectivity index (χ1) is 15.2. The largest absolute Gasteiger partial charge is 0.471 e. The maximum absolute atomic E-state index is 12.7. The van der Waals surface area contributed by atoms with Gasteiger partial charge in [-0.2, -0.15) is 10.1 Å². The third-order valence-electron chi connectivity index (χ3n) is 5.93. The molecule has 1 saturated carbocycles. The van der Waals surface area contributed by atoms with Crippen molar-refractivity contribution in [3.8, 4) is 5.75 Å². The predicted octanol–water partition coefficient (Wildman–Crippen LogP) is 2.72. The normalized spacial score (nSPS) is 26.7. The summed E-state index contributed by atoms with van der Waals surface area (Å²) in [6.07, 6.45) is 4.81. The van der Waals surface area contributed by atoms with Gasteiger partial charge in [0.2, 0.25) is 5.75 Å². The predicted molar refractivity (Wildman–Crippen MR) is 112 cm³/mol. The number of hydrogen-bond donors (Lipinski definition) is 0. The lowest BCUT2D eigenvalue weighted by Crippen LogP contribution is -2.28. The lowest BCUT2D eigenvalue weighted by atomic mass is 9.85. The van der Waals surface area contributed by atoms with Gasteiger partial charge in [-0.1, -0.05) is 23.8 Å². The number of nitro benzene ring substituents is 1. The van der Waals surface area contributed by atoms with Crippen LogP contribution in [0.2, 0.25) is 5.02 Å². The summed E-state index contributed by atoms with van der Waals surface area (Å²) in [5.41, 5.74) is -0.301. The van der Waals surface area contributed by atoms with E-state index < -0.39 is 34.5 Å². The van der Waals surface area contributed by atoms with E-state index in [2.05, 4.69) is 5.10 Å². The van der Waals surface area contributed by atoms with Crippen LogP contribution in [-0.4, -0.2) is 46.6 Å². The van der Waals surface area contributed by atoms with E-state index >= 15 is 0 Å². The lowest BCUT2D eigenvalue weighted by molar-refractivity contribution is -0.386. The van der Waals surface area contributed by atoms with E-state index in [1.165, 1.54) is 19.2 Å². The number of amides is 2. The number of imide groups is 1. The van der Waals surface area contributed by atoms with Crippen molar-refractivity contribution >= 4 is 41.3 Å². The highest BCUT2D eigenvalue weighted by molar-refractivity contribution is 6.32. The number of carbonyl (C=O) groups is 3. The average Bonchev–Trinajstić information content (AvgIpc) is 3.42. The van der Waals surface area contributed by atoms with Crippen LogP contribution in [0.1, 0.15) is 25.8 Å². The highest BCUT2D eigenvalue weighted by Gasteiger charge is 2.59. The quantitative estimate of drug-likeness (QED) is 0.152. The lowest BCUT2D eigenvalue weighted by Gasteiger charge is -2.15. The molecule has 2 bridgehead atoms. The van der Waals surface area contributed by atoms with Crippen LogP contribution in [0.25, 0.3) is 0 Å². The summed E-state index contributed by atoms with van der Waals surface area (Å²) in [5, 5.41) is 16.3. The molecule has 4 rings (SSSR count). The Morgan fingerprint density at radius 3 is 2.50 bits per heavy atom. The van der Waals surface area contributed by atoms with E-state index in [1.807, 2.05) is 12.2 Å². The standard InChI is InChI=1S/C21H20ClN3O7/c1-3-31-21(28)10(2)32-18-14(22)6-11(7-15(18)25(29)30)9-23-24-19(26)16-12-4-5-13(8-12)17(16)20(24)27/h4-7,9-10,12-13,16-17H,3,8H2,1-2H3. The van der Waals surface area contributed by atoms with E-state index in [-0.39, 0.29) is 46.6 Å². The Bertz CT molecular complexity index is 1040. The van der Waals surface area contributed by atoms with Crippen LogP contribution in [0, 0.1) is 33.8 Å². The molecular formula is C21H20ClN3O7. The second kappa shape index (κ2) is 8.34. The van der Waals surface area contributed by atoms with Gasteiger partial charge in [0, 0.05) is 11.6 Å². The average molecular weight is 462 g/mol. The van der Waals surface area contributed by atoms with E-state index in [9.17, 15) is 24.5 Å². The van der Waals surface area contributed by atoms with Gasteiger partial charge >= 0.3 is 11.7 Å². The number of esters is 1. The number of halogens is 1. The van der Waals surface area contributed by atoms with Crippen molar-refractivity contribution < 1.29 is 28.8 Å². The molecule has 5 unspecified atom stereocenters. The van der Waals surface area contributed by atoms with Crippen LogP contribution in [0.4, 0.5) is 5.69 Å². The molecule has 32 heavy (non-hydrogen) atoms. The number of rotatable bonds is 7. The highest BCUT2D eigenvalue weighted by Crippen LogP contribution is 2.52. The van der Waals surface area contributed by atoms with Gasteiger partial charge in [-0.15, -0.1) is 0 Å². The fraction of sp³-hybridized carbons (Fsp3) is 0.429. The summed E-state index contributed by atoms with van der Waals surface area (Å²) in [7, 11) is 0. The minimum Gasteiger partial charge on any atom is -0.471 e.